The van der Waals surface area contributed by atoms with Gasteiger partial charge >= 0.3 is 0 Å². The predicted molar refractivity (Wildman–Crippen MR) is 192 cm³/mol. The summed E-state index contributed by atoms with van der Waals surface area (Å²) in [6, 6.07) is 24.9. The van der Waals surface area contributed by atoms with Crippen LogP contribution in [0.15, 0.2) is 188 Å². The van der Waals surface area contributed by atoms with Crippen LogP contribution in [-0.4, -0.2) is 0 Å². The third kappa shape index (κ3) is 5.15. The molecule has 8 rings (SSSR count). The lowest BCUT2D eigenvalue weighted by molar-refractivity contribution is 1.29. The third-order valence-electron chi connectivity index (χ3n) is 7.68. The number of fused-ring (bicyclic) bond motifs is 2. The van der Waals surface area contributed by atoms with E-state index in [0.29, 0.717) is 21.9 Å². The molecule has 0 unspecified atom stereocenters. The van der Waals surface area contributed by atoms with Crippen LogP contribution in [0.2, 0.25) is 0 Å². The van der Waals surface area contributed by atoms with Gasteiger partial charge in [-0.1, -0.05) is 151 Å². The fraction of sp³-hybridized carbons (Fsp3) is 0. The smallest absolute Gasteiger partial charge is 0.0645 e. The van der Waals surface area contributed by atoms with Crippen molar-refractivity contribution >= 4 is 38.6 Å². The summed E-state index contributed by atoms with van der Waals surface area (Å²) in [6.45, 7) is 0. The van der Waals surface area contributed by atoms with Gasteiger partial charge in [-0.15, -0.1) is 0 Å². The average Bonchev–Trinajstić information content (AvgIpc) is 3.24. The number of anilines is 3. The summed E-state index contributed by atoms with van der Waals surface area (Å²) < 4.78 is 117. The molecule has 0 aromatic heterocycles. The molecule has 1 heteroatoms. The predicted octanol–water partition coefficient (Wildman–Crippen LogP) is 12.5. The van der Waals surface area contributed by atoms with E-state index in [0.717, 1.165) is 16.3 Å². The Balaban J connectivity index is 1.46. The molecule has 0 atom stereocenters. The Morgan fingerprint density at radius 1 is 0.378 bits per heavy atom. The highest BCUT2D eigenvalue weighted by molar-refractivity contribution is 6.04. The Hall–Kier alpha value is -5.92. The molecular formula is C44H31N. The highest BCUT2D eigenvalue weighted by atomic mass is 15.1. The highest BCUT2D eigenvalue weighted by Crippen LogP contribution is 2.41. The van der Waals surface area contributed by atoms with E-state index in [-0.39, 0.29) is 16.9 Å². The molecule has 0 heterocycles. The van der Waals surface area contributed by atoms with Crippen molar-refractivity contribution in [3.8, 4) is 33.4 Å². The molecular weight excluding hydrogens is 542 g/mol. The monoisotopic (exact) mass is 586 g/mol. The van der Waals surface area contributed by atoms with Crippen molar-refractivity contribution in [3.63, 3.8) is 0 Å². The molecule has 0 aliphatic rings. The average molecular weight is 587 g/mol. The molecule has 0 aliphatic heterocycles. The van der Waals surface area contributed by atoms with Crippen LogP contribution in [0.3, 0.4) is 0 Å². The summed E-state index contributed by atoms with van der Waals surface area (Å²) in [5, 5.41) is 3.04. The molecule has 0 aliphatic carbocycles. The van der Waals surface area contributed by atoms with Gasteiger partial charge in [-0.3, -0.25) is 0 Å². The van der Waals surface area contributed by atoms with Gasteiger partial charge < -0.3 is 4.90 Å². The van der Waals surface area contributed by atoms with Crippen LogP contribution in [-0.2, 0) is 0 Å². The fourth-order valence-electron chi connectivity index (χ4n) is 5.55. The minimum Gasteiger partial charge on any atom is -0.310 e. The molecule has 8 aromatic rings. The van der Waals surface area contributed by atoms with Gasteiger partial charge in [0.05, 0.1) is 17.8 Å². The van der Waals surface area contributed by atoms with E-state index in [2.05, 4.69) is 0 Å². The lowest BCUT2D eigenvalue weighted by Crippen LogP contribution is -2.09. The van der Waals surface area contributed by atoms with E-state index in [1.165, 1.54) is 4.90 Å². The molecule has 0 spiro atoms. The van der Waals surface area contributed by atoms with E-state index in [1.807, 2.05) is 84.9 Å². The van der Waals surface area contributed by atoms with Gasteiger partial charge in [0.2, 0.25) is 0 Å². The number of nitrogens with zero attached hydrogens (tertiary/aromatic N) is 1. The zero-order valence-corrected chi connectivity index (χ0v) is 23.8. The second kappa shape index (κ2) is 11.6. The number of hydrogen-bond acceptors (Lipinski definition) is 1. The second-order valence-corrected chi connectivity index (χ2v) is 10.4. The Bertz CT molecular complexity index is 2920. The maximum Gasteiger partial charge on any atom is 0.0645 e. The molecule has 0 saturated carbocycles. The first kappa shape index (κ1) is 16.2. The summed E-state index contributed by atoms with van der Waals surface area (Å²) in [7, 11) is 0. The molecule has 0 amide bonds. The maximum atomic E-state index is 9.59. The fourth-order valence-corrected chi connectivity index (χ4v) is 5.55. The van der Waals surface area contributed by atoms with Crippen molar-refractivity contribution < 1.29 is 17.8 Å². The van der Waals surface area contributed by atoms with Gasteiger partial charge in [0.25, 0.3) is 0 Å². The zero-order chi connectivity index (χ0) is 41.3. The molecule has 0 radical (unpaired) electrons. The van der Waals surface area contributed by atoms with E-state index >= 15 is 0 Å². The van der Waals surface area contributed by atoms with Gasteiger partial charge in [-0.05, 0) is 91.2 Å². The minimum atomic E-state index is -0.726. The van der Waals surface area contributed by atoms with Crippen LogP contribution in [0.5, 0.6) is 0 Å². The molecule has 0 bridgehead atoms. The van der Waals surface area contributed by atoms with Crippen molar-refractivity contribution in [2.75, 3.05) is 4.90 Å². The SMILES string of the molecule is [2H]c1c([2H])c([2H])c(-c2c([2H])c([2H])c(N(c3ccc4ccccc4c3)c3c([2H])c([2H])c(-c4c(-c5ccccc5)ccc5ccccc45)c([2H])c3[2H])c([2H])c2[2H])c([2H])c1[2H]. The molecule has 212 valence electrons. The lowest BCUT2D eigenvalue weighted by atomic mass is 9.89. The number of hydrogen-bond donors (Lipinski definition) is 0. The maximum absolute atomic E-state index is 9.59. The first-order valence-corrected chi connectivity index (χ1v) is 14.4. The van der Waals surface area contributed by atoms with Gasteiger partial charge in [-0.25, -0.2) is 0 Å². The van der Waals surface area contributed by atoms with Crippen molar-refractivity contribution in [2.45, 2.75) is 0 Å². The molecule has 0 saturated heterocycles. The van der Waals surface area contributed by atoms with Gasteiger partial charge in [-0.2, -0.15) is 0 Å². The Kier molecular flexibility index (Phi) is 4.20. The quantitative estimate of drug-likeness (QED) is 0.187. The van der Waals surface area contributed by atoms with Crippen LogP contribution in [0.25, 0.3) is 54.9 Å². The van der Waals surface area contributed by atoms with Crippen LogP contribution < -0.4 is 4.90 Å². The van der Waals surface area contributed by atoms with Crippen molar-refractivity contribution in [2.24, 2.45) is 0 Å². The van der Waals surface area contributed by atoms with Crippen molar-refractivity contribution in [3.05, 3.63) is 188 Å². The van der Waals surface area contributed by atoms with Gasteiger partial charge in [0.1, 0.15) is 0 Å². The van der Waals surface area contributed by atoms with Gasteiger partial charge in [0, 0.05) is 17.1 Å². The number of rotatable bonds is 6. The van der Waals surface area contributed by atoms with E-state index in [4.69, 9.17) is 9.60 Å². The number of benzene rings is 8. The van der Waals surface area contributed by atoms with Crippen molar-refractivity contribution in [1.82, 2.24) is 0 Å². The standard InChI is InChI=1S/C44H31N/c1-3-11-32(12-4-1)34-19-25-39(26-20-34)45(41-29-21-33-13-7-8-17-38(33)31-41)40-27-22-37(23-28-40)44-42-18-10-9-16-36(42)24-30-43(44)35-14-5-2-6-15-35/h1-31H/i1D,3D,4D,11D,12D,19D,20D,22D,23D,25D,26D,27D,28D. The Morgan fingerprint density at radius 2 is 0.956 bits per heavy atom. The van der Waals surface area contributed by atoms with Crippen LogP contribution in [0.4, 0.5) is 17.1 Å². The summed E-state index contributed by atoms with van der Waals surface area (Å²) in [5.74, 6) is 0. The van der Waals surface area contributed by atoms with Gasteiger partial charge in [0.15, 0.2) is 0 Å². The Labute approximate surface area is 282 Å². The van der Waals surface area contributed by atoms with E-state index in [1.54, 1.807) is 24.3 Å². The largest absolute Gasteiger partial charge is 0.310 e. The summed E-state index contributed by atoms with van der Waals surface area (Å²) >= 11 is 0. The molecule has 1 nitrogen and oxygen atoms in total. The minimum absolute atomic E-state index is 0.0314. The van der Waals surface area contributed by atoms with E-state index < -0.39 is 95.4 Å². The molecule has 45 heavy (non-hydrogen) atoms. The second-order valence-electron chi connectivity index (χ2n) is 10.4. The highest BCUT2D eigenvalue weighted by Gasteiger charge is 2.16. The van der Waals surface area contributed by atoms with Crippen molar-refractivity contribution in [1.29, 1.82) is 0 Å². The first-order valence-electron chi connectivity index (χ1n) is 20.9. The Morgan fingerprint density at radius 3 is 1.69 bits per heavy atom. The zero-order valence-electron chi connectivity index (χ0n) is 36.8. The first-order chi connectivity index (χ1) is 27.7. The molecule has 8 aromatic carbocycles. The summed E-state index contributed by atoms with van der Waals surface area (Å²) in [6.07, 6.45) is 0. The molecule has 0 N–H and O–H groups in total. The normalized spacial score (nSPS) is 15.2. The third-order valence-corrected chi connectivity index (χ3v) is 7.68. The van der Waals surface area contributed by atoms with Crippen LogP contribution in [0.1, 0.15) is 17.8 Å². The van der Waals surface area contributed by atoms with Crippen LogP contribution in [0, 0.1) is 0 Å². The topological polar surface area (TPSA) is 3.24 Å². The molecule has 0 fully saturated rings. The summed E-state index contributed by atoms with van der Waals surface area (Å²) in [4.78, 5) is 1.19. The summed E-state index contributed by atoms with van der Waals surface area (Å²) in [5.41, 5.74) is 0.405. The lowest BCUT2D eigenvalue weighted by Gasteiger charge is -2.26. The van der Waals surface area contributed by atoms with E-state index in [9.17, 15) is 8.22 Å². The van der Waals surface area contributed by atoms with Crippen LogP contribution >= 0.6 is 0 Å².